The maximum Gasteiger partial charge on any atom is 0.305 e. The minimum Gasteiger partial charge on any atom is -0.469 e. The number of ether oxygens (including phenoxy) is 1. The Morgan fingerprint density at radius 1 is 1.44 bits per heavy atom. The number of methoxy groups -OCH3 is 1. The maximum atomic E-state index is 11.9. The van der Waals surface area contributed by atoms with E-state index in [9.17, 15) is 9.59 Å². The summed E-state index contributed by atoms with van der Waals surface area (Å²) in [4.78, 5) is 31.9. The number of nitrogens with zero attached hydrogens (tertiary/aromatic N) is 3. The second kappa shape index (κ2) is 6.90. The molecular formula is C11H14ClN3O3. The summed E-state index contributed by atoms with van der Waals surface area (Å²) in [6.07, 6.45) is 3.51. The van der Waals surface area contributed by atoms with Crippen LogP contribution < -0.4 is 0 Å². The number of carbonyl (C=O) groups is 2. The number of hydrogen-bond acceptors (Lipinski definition) is 5. The molecule has 7 heteroatoms. The van der Waals surface area contributed by atoms with Crippen LogP contribution in [0.3, 0.4) is 0 Å². The Bertz CT molecular complexity index is 439. The summed E-state index contributed by atoms with van der Waals surface area (Å²) in [6, 6.07) is 0. The lowest BCUT2D eigenvalue weighted by molar-refractivity contribution is -0.140. The average molecular weight is 272 g/mol. The van der Waals surface area contributed by atoms with E-state index in [0.717, 1.165) is 0 Å². The fourth-order valence-corrected chi connectivity index (χ4v) is 1.45. The van der Waals surface area contributed by atoms with Gasteiger partial charge in [0.25, 0.3) is 5.91 Å². The lowest BCUT2D eigenvalue weighted by Crippen LogP contribution is -2.29. The van der Waals surface area contributed by atoms with Gasteiger partial charge in [0.2, 0.25) is 0 Å². The first-order valence-electron chi connectivity index (χ1n) is 5.34. The molecule has 1 heterocycles. The van der Waals surface area contributed by atoms with Crippen molar-refractivity contribution < 1.29 is 14.3 Å². The van der Waals surface area contributed by atoms with Gasteiger partial charge in [0.1, 0.15) is 10.8 Å². The Hall–Kier alpha value is -1.69. The SMILES string of the molecule is COC(=O)CCCN(C)C(=O)c1cncc(Cl)n1. The molecule has 18 heavy (non-hydrogen) atoms. The second-order valence-electron chi connectivity index (χ2n) is 3.63. The van der Waals surface area contributed by atoms with E-state index in [4.69, 9.17) is 11.6 Å². The summed E-state index contributed by atoms with van der Waals surface area (Å²) < 4.78 is 4.51. The molecule has 0 saturated carbocycles. The highest BCUT2D eigenvalue weighted by Gasteiger charge is 2.14. The lowest BCUT2D eigenvalue weighted by atomic mass is 10.3. The van der Waals surface area contributed by atoms with Gasteiger partial charge in [-0.1, -0.05) is 11.6 Å². The van der Waals surface area contributed by atoms with Crippen LogP contribution in [0.1, 0.15) is 23.3 Å². The molecule has 1 amide bonds. The number of hydrogen-bond donors (Lipinski definition) is 0. The number of carbonyl (C=O) groups excluding carboxylic acids is 2. The molecule has 0 aliphatic heterocycles. The third kappa shape index (κ3) is 4.29. The summed E-state index contributed by atoms with van der Waals surface area (Å²) in [6.45, 7) is 0.433. The van der Waals surface area contributed by atoms with Crippen molar-refractivity contribution in [3.8, 4) is 0 Å². The molecule has 6 nitrogen and oxygen atoms in total. The fraction of sp³-hybridized carbons (Fsp3) is 0.455. The van der Waals surface area contributed by atoms with Gasteiger partial charge in [0.05, 0.1) is 19.5 Å². The van der Waals surface area contributed by atoms with E-state index >= 15 is 0 Å². The van der Waals surface area contributed by atoms with Crippen LogP contribution in [0.5, 0.6) is 0 Å². The topological polar surface area (TPSA) is 72.4 Å². The quantitative estimate of drug-likeness (QED) is 0.752. The average Bonchev–Trinajstić information content (AvgIpc) is 2.37. The van der Waals surface area contributed by atoms with Gasteiger partial charge in [0.15, 0.2) is 0 Å². The smallest absolute Gasteiger partial charge is 0.305 e. The zero-order valence-electron chi connectivity index (χ0n) is 10.2. The van der Waals surface area contributed by atoms with Crippen LogP contribution in [0.4, 0.5) is 0 Å². The summed E-state index contributed by atoms with van der Waals surface area (Å²) in [5, 5.41) is 0.170. The zero-order chi connectivity index (χ0) is 13.5. The minimum absolute atomic E-state index is 0.170. The van der Waals surface area contributed by atoms with Gasteiger partial charge in [0, 0.05) is 20.0 Å². The van der Waals surface area contributed by atoms with Crippen LogP contribution in [-0.4, -0.2) is 47.4 Å². The normalized spacial score (nSPS) is 9.94. The predicted molar refractivity (Wildman–Crippen MR) is 65.3 cm³/mol. The molecule has 0 unspecified atom stereocenters. The highest BCUT2D eigenvalue weighted by molar-refractivity contribution is 6.29. The molecule has 0 aliphatic carbocycles. The third-order valence-corrected chi connectivity index (χ3v) is 2.46. The van der Waals surface area contributed by atoms with Crippen LogP contribution in [0, 0.1) is 0 Å². The molecule has 0 saturated heterocycles. The Labute approximate surface area is 110 Å². The van der Waals surface area contributed by atoms with Crippen LogP contribution >= 0.6 is 11.6 Å². The molecule has 0 N–H and O–H groups in total. The van der Waals surface area contributed by atoms with Crippen molar-refractivity contribution >= 4 is 23.5 Å². The molecule has 0 aliphatic rings. The molecule has 0 fully saturated rings. The second-order valence-corrected chi connectivity index (χ2v) is 4.02. The highest BCUT2D eigenvalue weighted by Crippen LogP contribution is 2.05. The van der Waals surface area contributed by atoms with Gasteiger partial charge >= 0.3 is 5.97 Å². The Morgan fingerprint density at radius 2 is 2.17 bits per heavy atom. The largest absolute Gasteiger partial charge is 0.469 e. The maximum absolute atomic E-state index is 11.9. The predicted octanol–water partition coefficient (Wildman–Crippen LogP) is 1.16. The van der Waals surface area contributed by atoms with Crippen LogP contribution in [0.25, 0.3) is 0 Å². The Morgan fingerprint density at radius 3 is 2.78 bits per heavy atom. The summed E-state index contributed by atoms with van der Waals surface area (Å²) >= 11 is 5.65. The standard InChI is InChI=1S/C11H14ClN3O3/c1-15(5-3-4-10(16)18-2)11(17)8-6-13-7-9(12)14-8/h6-7H,3-5H2,1-2H3. The van der Waals surface area contributed by atoms with Crippen molar-refractivity contribution in [1.29, 1.82) is 0 Å². The number of aromatic nitrogens is 2. The lowest BCUT2D eigenvalue weighted by Gasteiger charge is -2.15. The first-order valence-corrected chi connectivity index (χ1v) is 5.72. The van der Waals surface area contributed by atoms with E-state index < -0.39 is 0 Å². The van der Waals surface area contributed by atoms with E-state index in [0.29, 0.717) is 13.0 Å². The van der Waals surface area contributed by atoms with Crippen LogP contribution in [0.2, 0.25) is 5.15 Å². The van der Waals surface area contributed by atoms with Crippen LogP contribution in [-0.2, 0) is 9.53 Å². The van der Waals surface area contributed by atoms with Crippen molar-refractivity contribution in [2.75, 3.05) is 20.7 Å². The summed E-state index contributed by atoms with van der Waals surface area (Å²) in [5.74, 6) is -0.576. The Balaban J connectivity index is 2.49. The first kappa shape index (κ1) is 14.4. The molecule has 0 atom stereocenters. The van der Waals surface area contributed by atoms with E-state index in [1.807, 2.05) is 0 Å². The van der Waals surface area contributed by atoms with Crippen molar-refractivity contribution in [2.24, 2.45) is 0 Å². The Kier molecular flexibility index (Phi) is 5.51. The van der Waals surface area contributed by atoms with Crippen LogP contribution in [0.15, 0.2) is 12.4 Å². The van der Waals surface area contributed by atoms with Gasteiger partial charge in [-0.05, 0) is 6.42 Å². The number of rotatable bonds is 5. The third-order valence-electron chi connectivity index (χ3n) is 2.27. The first-order chi connectivity index (χ1) is 8.54. The highest BCUT2D eigenvalue weighted by atomic mass is 35.5. The van der Waals surface area contributed by atoms with Gasteiger partial charge in [-0.3, -0.25) is 14.6 Å². The molecule has 1 rings (SSSR count). The molecule has 0 bridgehead atoms. The number of halogens is 1. The van der Waals surface area contributed by atoms with Gasteiger partial charge in [-0.15, -0.1) is 0 Å². The van der Waals surface area contributed by atoms with Gasteiger partial charge < -0.3 is 9.64 Å². The van der Waals surface area contributed by atoms with E-state index in [1.54, 1.807) is 7.05 Å². The van der Waals surface area contributed by atoms with Crippen molar-refractivity contribution in [3.63, 3.8) is 0 Å². The van der Waals surface area contributed by atoms with Crippen molar-refractivity contribution in [1.82, 2.24) is 14.9 Å². The molecule has 1 aromatic heterocycles. The van der Waals surface area contributed by atoms with E-state index in [1.165, 1.54) is 24.4 Å². The molecule has 1 aromatic rings. The molecule has 0 aromatic carbocycles. The zero-order valence-corrected chi connectivity index (χ0v) is 11.0. The molecule has 0 spiro atoms. The molecule has 0 radical (unpaired) electrons. The van der Waals surface area contributed by atoms with E-state index in [2.05, 4.69) is 14.7 Å². The van der Waals surface area contributed by atoms with Gasteiger partial charge in [-0.2, -0.15) is 0 Å². The van der Waals surface area contributed by atoms with Gasteiger partial charge in [-0.25, -0.2) is 4.98 Å². The minimum atomic E-state index is -0.293. The fourth-order valence-electron chi connectivity index (χ4n) is 1.30. The summed E-state index contributed by atoms with van der Waals surface area (Å²) in [5.41, 5.74) is 0.183. The van der Waals surface area contributed by atoms with Crippen molar-refractivity contribution in [2.45, 2.75) is 12.8 Å². The van der Waals surface area contributed by atoms with E-state index in [-0.39, 0.29) is 29.1 Å². The number of amides is 1. The number of esters is 1. The van der Waals surface area contributed by atoms with Crippen molar-refractivity contribution in [3.05, 3.63) is 23.2 Å². The molecular weight excluding hydrogens is 258 g/mol. The summed E-state index contributed by atoms with van der Waals surface area (Å²) in [7, 11) is 2.96. The monoisotopic (exact) mass is 271 g/mol. The molecule has 98 valence electrons.